The highest BCUT2D eigenvalue weighted by atomic mass is 19.2. The van der Waals surface area contributed by atoms with Gasteiger partial charge in [-0.2, -0.15) is 0 Å². The van der Waals surface area contributed by atoms with Gasteiger partial charge in [0.25, 0.3) is 0 Å². The Bertz CT molecular complexity index is 1040. The summed E-state index contributed by atoms with van der Waals surface area (Å²) in [5.41, 5.74) is 1.56. The third-order valence-electron chi connectivity index (χ3n) is 4.77. The van der Waals surface area contributed by atoms with Crippen molar-refractivity contribution in [2.75, 3.05) is 0 Å². The third kappa shape index (κ3) is 2.75. The molecule has 2 aromatic heterocycles. The Morgan fingerprint density at radius 3 is 2.85 bits per heavy atom. The van der Waals surface area contributed by atoms with Crippen LogP contribution in [-0.4, -0.2) is 26.8 Å². The highest BCUT2D eigenvalue weighted by Gasteiger charge is 2.44. The van der Waals surface area contributed by atoms with Crippen LogP contribution in [0.25, 0.3) is 11.0 Å². The summed E-state index contributed by atoms with van der Waals surface area (Å²) in [5.74, 6) is -3.77. The number of carbonyl (C=O) groups is 2. The quantitative estimate of drug-likeness (QED) is 0.686. The molecular weight excluding hydrogens is 342 g/mol. The van der Waals surface area contributed by atoms with Crippen LogP contribution in [0, 0.1) is 17.6 Å². The van der Waals surface area contributed by atoms with Crippen molar-refractivity contribution in [1.29, 1.82) is 0 Å². The van der Waals surface area contributed by atoms with Crippen LogP contribution in [0.15, 0.2) is 36.7 Å². The molecule has 0 bridgehead atoms. The van der Waals surface area contributed by atoms with Crippen molar-refractivity contribution in [1.82, 2.24) is 9.97 Å². The van der Waals surface area contributed by atoms with Crippen LogP contribution in [0.5, 0.6) is 0 Å². The number of ketones is 1. The van der Waals surface area contributed by atoms with E-state index < -0.39 is 23.5 Å². The smallest absolute Gasteiger partial charge is 0.307 e. The molecule has 1 aromatic carbocycles. The van der Waals surface area contributed by atoms with Crippen molar-refractivity contribution < 1.29 is 23.5 Å². The minimum absolute atomic E-state index is 0.0124. The van der Waals surface area contributed by atoms with Crippen molar-refractivity contribution in [2.24, 2.45) is 5.92 Å². The van der Waals surface area contributed by atoms with Crippen LogP contribution < -0.4 is 0 Å². The van der Waals surface area contributed by atoms with Crippen LogP contribution >= 0.6 is 0 Å². The summed E-state index contributed by atoms with van der Waals surface area (Å²) < 4.78 is 27.1. The molecule has 0 spiro atoms. The average molecular weight is 356 g/mol. The molecular formula is C19H14F2N2O3. The van der Waals surface area contributed by atoms with Gasteiger partial charge in [0.05, 0.1) is 5.92 Å². The fourth-order valence-electron chi connectivity index (χ4n) is 3.24. The molecule has 2 heterocycles. The van der Waals surface area contributed by atoms with Crippen LogP contribution in [0.4, 0.5) is 8.78 Å². The number of carboxylic acids is 1. The minimum atomic E-state index is -1.03. The van der Waals surface area contributed by atoms with Gasteiger partial charge in [-0.05, 0) is 35.6 Å². The molecule has 2 unspecified atom stereocenters. The lowest BCUT2D eigenvalue weighted by atomic mass is 10.0. The van der Waals surface area contributed by atoms with Crippen molar-refractivity contribution >= 4 is 22.8 Å². The van der Waals surface area contributed by atoms with E-state index >= 15 is 0 Å². The van der Waals surface area contributed by atoms with E-state index in [0.717, 1.165) is 11.6 Å². The van der Waals surface area contributed by atoms with E-state index in [9.17, 15) is 18.4 Å². The molecule has 2 atom stereocenters. The lowest BCUT2D eigenvalue weighted by Crippen LogP contribution is -2.06. The number of aliphatic carboxylic acids is 1. The van der Waals surface area contributed by atoms with E-state index in [-0.39, 0.29) is 23.7 Å². The zero-order valence-corrected chi connectivity index (χ0v) is 13.5. The lowest BCUT2D eigenvalue weighted by Gasteiger charge is -2.04. The Morgan fingerprint density at radius 2 is 2.12 bits per heavy atom. The van der Waals surface area contributed by atoms with Crippen molar-refractivity contribution in [3.05, 3.63) is 65.0 Å². The molecule has 5 nitrogen and oxygen atoms in total. The molecule has 4 rings (SSSR count). The van der Waals surface area contributed by atoms with E-state index in [2.05, 4.69) is 9.97 Å². The molecule has 1 saturated carbocycles. The number of Topliss-reactive ketones (excluding diaryl/α,β-unsaturated/α-hetero) is 1. The average Bonchev–Trinajstić information content (AvgIpc) is 3.31. The molecule has 132 valence electrons. The topological polar surface area (TPSA) is 83.0 Å². The third-order valence-corrected chi connectivity index (χ3v) is 4.77. The van der Waals surface area contributed by atoms with Gasteiger partial charge in [0.1, 0.15) is 5.65 Å². The monoisotopic (exact) mass is 356 g/mol. The number of carbonyl (C=O) groups excluding carboxylic acids is 1. The summed E-state index contributed by atoms with van der Waals surface area (Å²) >= 11 is 0. The molecule has 1 aliphatic rings. The van der Waals surface area contributed by atoms with E-state index in [0.29, 0.717) is 23.0 Å². The number of hydrogen-bond donors (Lipinski definition) is 2. The second kappa shape index (κ2) is 6.01. The van der Waals surface area contributed by atoms with E-state index in [1.807, 2.05) is 0 Å². The molecule has 0 aliphatic heterocycles. The van der Waals surface area contributed by atoms with Gasteiger partial charge in [-0.1, -0.05) is 12.1 Å². The maximum Gasteiger partial charge on any atom is 0.307 e. The SMILES string of the molecule is O=C(Cc1cccc(F)c1F)c1c[nH]c2ncc(C3CC3C(=O)O)cc12. The number of halogens is 2. The Kier molecular flexibility index (Phi) is 3.79. The van der Waals surface area contributed by atoms with Gasteiger partial charge in [-0.15, -0.1) is 0 Å². The zero-order chi connectivity index (χ0) is 18.4. The van der Waals surface area contributed by atoms with Crippen LogP contribution in [0.1, 0.15) is 33.8 Å². The van der Waals surface area contributed by atoms with E-state index in [1.165, 1.54) is 18.3 Å². The summed E-state index contributed by atoms with van der Waals surface area (Å²) in [7, 11) is 0. The summed E-state index contributed by atoms with van der Waals surface area (Å²) in [5, 5.41) is 9.62. The predicted octanol–water partition coefficient (Wildman–Crippen LogP) is 3.45. The Hall–Kier alpha value is -3.09. The maximum atomic E-state index is 13.8. The number of aromatic nitrogens is 2. The highest BCUT2D eigenvalue weighted by Crippen LogP contribution is 2.47. The molecule has 0 amide bonds. The van der Waals surface area contributed by atoms with Crippen LogP contribution in [0.2, 0.25) is 0 Å². The van der Waals surface area contributed by atoms with E-state index in [4.69, 9.17) is 5.11 Å². The summed E-state index contributed by atoms with van der Waals surface area (Å²) in [4.78, 5) is 30.8. The molecule has 1 fully saturated rings. The number of nitrogens with zero attached hydrogens (tertiary/aromatic N) is 1. The maximum absolute atomic E-state index is 13.8. The first-order valence-electron chi connectivity index (χ1n) is 8.11. The molecule has 3 aromatic rings. The fourth-order valence-corrected chi connectivity index (χ4v) is 3.24. The molecule has 1 aliphatic carbocycles. The molecule has 26 heavy (non-hydrogen) atoms. The summed E-state index contributed by atoms with van der Waals surface area (Å²) in [6.45, 7) is 0. The minimum Gasteiger partial charge on any atom is -0.481 e. The predicted molar refractivity (Wildman–Crippen MR) is 89.0 cm³/mol. The molecule has 0 radical (unpaired) electrons. The van der Waals surface area contributed by atoms with Crippen molar-refractivity contribution in [2.45, 2.75) is 18.8 Å². The Labute approximate surface area is 146 Å². The van der Waals surface area contributed by atoms with Gasteiger partial charge in [-0.25, -0.2) is 13.8 Å². The van der Waals surface area contributed by atoms with E-state index in [1.54, 1.807) is 12.3 Å². The first-order chi connectivity index (χ1) is 12.5. The Morgan fingerprint density at radius 1 is 1.31 bits per heavy atom. The largest absolute Gasteiger partial charge is 0.481 e. The molecule has 0 saturated heterocycles. The van der Waals surface area contributed by atoms with Gasteiger partial charge in [0, 0.05) is 29.8 Å². The molecule has 7 heteroatoms. The zero-order valence-electron chi connectivity index (χ0n) is 13.5. The number of nitrogens with one attached hydrogen (secondary N) is 1. The second-order valence-electron chi connectivity index (χ2n) is 6.47. The number of carboxylic acid groups (broad SMARTS) is 1. The standard InChI is InChI=1S/C19H14F2N2O3/c20-15-3-1-2-9(17(15)21)5-16(24)14-8-23-18-12(14)4-10(7-22-18)11-6-13(11)19(25)26/h1-4,7-8,11,13H,5-6H2,(H,22,23)(H,25,26). The number of hydrogen-bond acceptors (Lipinski definition) is 3. The number of rotatable bonds is 5. The van der Waals surface area contributed by atoms with Crippen LogP contribution in [0.3, 0.4) is 0 Å². The van der Waals surface area contributed by atoms with Gasteiger partial charge >= 0.3 is 5.97 Å². The van der Waals surface area contributed by atoms with Gasteiger partial charge < -0.3 is 10.1 Å². The van der Waals surface area contributed by atoms with Crippen molar-refractivity contribution in [3.63, 3.8) is 0 Å². The van der Waals surface area contributed by atoms with Crippen molar-refractivity contribution in [3.8, 4) is 0 Å². The number of benzene rings is 1. The lowest BCUT2D eigenvalue weighted by molar-refractivity contribution is -0.138. The molecule has 2 N–H and O–H groups in total. The number of fused-ring (bicyclic) bond motifs is 1. The number of H-pyrrole nitrogens is 1. The summed E-state index contributed by atoms with van der Waals surface area (Å²) in [6, 6.07) is 5.48. The number of pyridine rings is 1. The first-order valence-corrected chi connectivity index (χ1v) is 8.11. The second-order valence-corrected chi connectivity index (χ2v) is 6.47. The van der Waals surface area contributed by atoms with Gasteiger partial charge in [0.2, 0.25) is 0 Å². The van der Waals surface area contributed by atoms with Crippen LogP contribution in [-0.2, 0) is 11.2 Å². The van der Waals surface area contributed by atoms with Gasteiger partial charge in [0.15, 0.2) is 17.4 Å². The fraction of sp³-hybridized carbons (Fsp3) is 0.211. The number of aromatic amines is 1. The highest BCUT2D eigenvalue weighted by molar-refractivity contribution is 6.08. The Balaban J connectivity index is 1.65. The summed E-state index contributed by atoms with van der Waals surface area (Å²) in [6.07, 6.45) is 3.36. The van der Waals surface area contributed by atoms with Gasteiger partial charge in [-0.3, -0.25) is 9.59 Å². The normalized spacial score (nSPS) is 18.8. The first kappa shape index (κ1) is 16.4.